The molecule has 0 radical (unpaired) electrons. The molecule has 23 heavy (non-hydrogen) atoms. The minimum absolute atomic E-state index is 0.115. The molecule has 1 fully saturated rings. The average molecular weight is 308 g/mol. The molecule has 0 aromatic heterocycles. The molecule has 0 aliphatic carbocycles. The highest BCUT2D eigenvalue weighted by atomic mass is 16.2. The summed E-state index contributed by atoms with van der Waals surface area (Å²) in [5.41, 5.74) is 4.31. The number of anilines is 2. The molecule has 3 rings (SSSR count). The molecule has 0 atom stereocenters. The Labute approximate surface area is 136 Å². The summed E-state index contributed by atoms with van der Waals surface area (Å²) in [5.74, 6) is 0.0494. The van der Waals surface area contributed by atoms with Gasteiger partial charge in [0.15, 0.2) is 0 Å². The number of rotatable bonds is 3. The van der Waals surface area contributed by atoms with Crippen molar-refractivity contribution >= 4 is 23.2 Å². The van der Waals surface area contributed by atoms with Crippen molar-refractivity contribution in [2.24, 2.45) is 0 Å². The van der Waals surface area contributed by atoms with Gasteiger partial charge in [0.1, 0.15) is 0 Å². The van der Waals surface area contributed by atoms with Crippen molar-refractivity contribution in [1.82, 2.24) is 0 Å². The zero-order valence-electron chi connectivity index (χ0n) is 13.4. The van der Waals surface area contributed by atoms with E-state index in [2.05, 4.69) is 5.32 Å². The topological polar surface area (TPSA) is 49.4 Å². The molecule has 2 aromatic carbocycles. The molecule has 4 heteroatoms. The Morgan fingerprint density at radius 1 is 1.09 bits per heavy atom. The highest BCUT2D eigenvalue weighted by Crippen LogP contribution is 2.23. The lowest BCUT2D eigenvalue weighted by atomic mass is 10.0. The summed E-state index contributed by atoms with van der Waals surface area (Å²) >= 11 is 0. The second-order valence-corrected chi connectivity index (χ2v) is 5.97. The Morgan fingerprint density at radius 3 is 2.48 bits per heavy atom. The molecule has 2 amide bonds. The summed E-state index contributed by atoms with van der Waals surface area (Å²) in [5, 5.41) is 2.91. The molecule has 0 bridgehead atoms. The number of amides is 2. The van der Waals surface area contributed by atoms with Crippen molar-refractivity contribution in [3.05, 3.63) is 59.2 Å². The second-order valence-electron chi connectivity index (χ2n) is 5.97. The molecule has 4 nitrogen and oxygen atoms in total. The van der Waals surface area contributed by atoms with Crippen LogP contribution in [0.15, 0.2) is 42.5 Å². The molecule has 1 heterocycles. The molecular formula is C19H20N2O2. The van der Waals surface area contributed by atoms with Crippen LogP contribution < -0.4 is 10.2 Å². The van der Waals surface area contributed by atoms with E-state index >= 15 is 0 Å². The second kappa shape index (κ2) is 6.24. The standard InChI is InChI=1S/C19H20N2O2/c1-13-5-6-14(2)17(12-13)19(23)20-15-7-9-16(10-8-15)21-11-3-4-18(21)22/h5-10,12H,3-4,11H2,1-2H3,(H,20,23). The van der Waals surface area contributed by atoms with E-state index in [4.69, 9.17) is 0 Å². The first kappa shape index (κ1) is 15.3. The number of aryl methyl sites for hydroxylation is 2. The lowest BCUT2D eigenvalue weighted by Gasteiger charge is -2.16. The van der Waals surface area contributed by atoms with Gasteiger partial charge in [-0.2, -0.15) is 0 Å². The van der Waals surface area contributed by atoms with Crippen molar-refractivity contribution in [3.8, 4) is 0 Å². The van der Waals surface area contributed by atoms with Crippen molar-refractivity contribution < 1.29 is 9.59 Å². The van der Waals surface area contributed by atoms with Gasteiger partial charge < -0.3 is 10.2 Å². The quantitative estimate of drug-likeness (QED) is 0.940. The first-order chi connectivity index (χ1) is 11.0. The van der Waals surface area contributed by atoms with Gasteiger partial charge in [-0.1, -0.05) is 17.7 Å². The molecule has 2 aromatic rings. The fourth-order valence-corrected chi connectivity index (χ4v) is 2.82. The summed E-state index contributed by atoms with van der Waals surface area (Å²) in [7, 11) is 0. The van der Waals surface area contributed by atoms with Crippen LogP contribution in [0.5, 0.6) is 0 Å². The van der Waals surface area contributed by atoms with Crippen molar-refractivity contribution in [3.63, 3.8) is 0 Å². The average Bonchev–Trinajstić information content (AvgIpc) is 2.96. The van der Waals surface area contributed by atoms with E-state index in [-0.39, 0.29) is 11.8 Å². The van der Waals surface area contributed by atoms with Crippen LogP contribution in [0.25, 0.3) is 0 Å². The first-order valence-corrected chi connectivity index (χ1v) is 7.83. The van der Waals surface area contributed by atoms with Gasteiger partial charge >= 0.3 is 0 Å². The number of hydrogen-bond acceptors (Lipinski definition) is 2. The lowest BCUT2D eigenvalue weighted by Crippen LogP contribution is -2.23. The molecule has 1 aliphatic rings. The largest absolute Gasteiger partial charge is 0.322 e. The number of hydrogen-bond donors (Lipinski definition) is 1. The normalized spacial score (nSPS) is 14.2. The summed E-state index contributed by atoms with van der Waals surface area (Å²) < 4.78 is 0. The molecule has 0 spiro atoms. The van der Waals surface area contributed by atoms with Gasteiger partial charge in [0.25, 0.3) is 5.91 Å². The summed E-state index contributed by atoms with van der Waals surface area (Å²) in [6.45, 7) is 4.67. The Hall–Kier alpha value is -2.62. The van der Waals surface area contributed by atoms with Crippen LogP contribution in [0, 0.1) is 13.8 Å². The van der Waals surface area contributed by atoms with Gasteiger partial charge in [0.05, 0.1) is 0 Å². The zero-order valence-corrected chi connectivity index (χ0v) is 13.4. The van der Waals surface area contributed by atoms with Crippen molar-refractivity contribution in [2.45, 2.75) is 26.7 Å². The van der Waals surface area contributed by atoms with Gasteiger partial charge in [0, 0.05) is 29.9 Å². The Morgan fingerprint density at radius 2 is 1.83 bits per heavy atom. The van der Waals surface area contributed by atoms with Gasteiger partial charge in [-0.15, -0.1) is 0 Å². The van der Waals surface area contributed by atoms with E-state index in [1.54, 1.807) is 4.90 Å². The van der Waals surface area contributed by atoms with Crippen LogP contribution in [0.4, 0.5) is 11.4 Å². The lowest BCUT2D eigenvalue weighted by molar-refractivity contribution is -0.117. The van der Waals surface area contributed by atoms with Crippen LogP contribution in [-0.2, 0) is 4.79 Å². The third-order valence-corrected chi connectivity index (χ3v) is 4.15. The third-order valence-electron chi connectivity index (χ3n) is 4.15. The molecular weight excluding hydrogens is 288 g/mol. The fourth-order valence-electron chi connectivity index (χ4n) is 2.82. The SMILES string of the molecule is Cc1ccc(C)c(C(=O)Nc2ccc(N3CCCC3=O)cc2)c1. The van der Waals surface area contributed by atoms with E-state index in [9.17, 15) is 9.59 Å². The van der Waals surface area contributed by atoms with E-state index in [0.717, 1.165) is 35.5 Å². The highest BCUT2D eigenvalue weighted by molar-refractivity contribution is 6.05. The van der Waals surface area contributed by atoms with E-state index < -0.39 is 0 Å². The minimum Gasteiger partial charge on any atom is -0.322 e. The number of benzene rings is 2. The molecule has 1 N–H and O–H groups in total. The van der Waals surface area contributed by atoms with Crippen LogP contribution in [0.2, 0.25) is 0 Å². The zero-order chi connectivity index (χ0) is 16.4. The Kier molecular flexibility index (Phi) is 4.15. The van der Waals surface area contributed by atoms with Crippen LogP contribution in [0.1, 0.15) is 34.3 Å². The molecule has 1 saturated heterocycles. The monoisotopic (exact) mass is 308 g/mol. The van der Waals surface area contributed by atoms with E-state index in [0.29, 0.717) is 12.0 Å². The fraction of sp³-hybridized carbons (Fsp3) is 0.263. The highest BCUT2D eigenvalue weighted by Gasteiger charge is 2.21. The molecule has 118 valence electrons. The van der Waals surface area contributed by atoms with E-state index in [1.807, 2.05) is 56.3 Å². The molecule has 0 unspecified atom stereocenters. The maximum Gasteiger partial charge on any atom is 0.255 e. The number of carbonyl (C=O) groups excluding carboxylic acids is 2. The maximum atomic E-state index is 12.4. The number of nitrogens with one attached hydrogen (secondary N) is 1. The van der Waals surface area contributed by atoms with Crippen LogP contribution in [0.3, 0.4) is 0 Å². The van der Waals surface area contributed by atoms with Crippen LogP contribution in [-0.4, -0.2) is 18.4 Å². The molecule has 1 aliphatic heterocycles. The summed E-state index contributed by atoms with van der Waals surface area (Å²) in [4.78, 5) is 25.9. The third kappa shape index (κ3) is 3.26. The molecule has 0 saturated carbocycles. The predicted octanol–water partition coefficient (Wildman–Crippen LogP) is 3.68. The minimum atomic E-state index is -0.115. The first-order valence-electron chi connectivity index (χ1n) is 7.83. The Balaban J connectivity index is 1.74. The smallest absolute Gasteiger partial charge is 0.255 e. The van der Waals surface area contributed by atoms with Gasteiger partial charge in [-0.05, 0) is 56.2 Å². The summed E-state index contributed by atoms with van der Waals surface area (Å²) in [6.07, 6.45) is 1.52. The number of carbonyl (C=O) groups is 2. The van der Waals surface area contributed by atoms with Crippen LogP contribution >= 0.6 is 0 Å². The summed E-state index contributed by atoms with van der Waals surface area (Å²) in [6, 6.07) is 13.3. The number of nitrogens with zero attached hydrogens (tertiary/aromatic N) is 1. The van der Waals surface area contributed by atoms with Crippen molar-refractivity contribution in [1.29, 1.82) is 0 Å². The van der Waals surface area contributed by atoms with Gasteiger partial charge in [0.2, 0.25) is 5.91 Å². The Bertz CT molecular complexity index is 750. The predicted molar refractivity (Wildman–Crippen MR) is 91.9 cm³/mol. The van der Waals surface area contributed by atoms with Crippen molar-refractivity contribution in [2.75, 3.05) is 16.8 Å². The van der Waals surface area contributed by atoms with E-state index in [1.165, 1.54) is 0 Å². The van der Waals surface area contributed by atoms with Gasteiger partial charge in [-0.3, -0.25) is 9.59 Å². The van der Waals surface area contributed by atoms with Gasteiger partial charge in [-0.25, -0.2) is 0 Å². The maximum absolute atomic E-state index is 12.4.